The summed E-state index contributed by atoms with van der Waals surface area (Å²) in [5.74, 6) is 0. The van der Waals surface area contributed by atoms with Crippen LogP contribution in [0.5, 0.6) is 0 Å². The molecule has 0 aliphatic carbocycles. The standard InChI is InChI=1S/C7H5F3O2S.Na.H/c8-7(9,10)5-3-1-2-4-6(5)13(11)12;;/h1-4H,(H,11,12);;. The first-order chi connectivity index (χ1) is 5.93. The molecule has 74 valence electrons. The average Bonchev–Trinajstić information content (AvgIpc) is 2.03. The number of alkyl halides is 3. The molecule has 0 heterocycles. The van der Waals surface area contributed by atoms with E-state index >= 15 is 0 Å². The van der Waals surface area contributed by atoms with Gasteiger partial charge in [0.15, 0.2) is 11.1 Å². The fraction of sp³-hybridized carbons (Fsp3) is 0.143. The van der Waals surface area contributed by atoms with Crippen molar-refractivity contribution in [2.45, 2.75) is 11.1 Å². The molecule has 2 nitrogen and oxygen atoms in total. The van der Waals surface area contributed by atoms with Crippen LogP contribution in [0.1, 0.15) is 5.56 Å². The molecule has 0 fully saturated rings. The van der Waals surface area contributed by atoms with E-state index in [-0.39, 0.29) is 29.6 Å². The molecule has 0 aliphatic heterocycles. The van der Waals surface area contributed by atoms with E-state index in [9.17, 15) is 17.4 Å². The molecular weight excluding hydrogens is 228 g/mol. The summed E-state index contributed by atoms with van der Waals surface area (Å²) < 4.78 is 55.5. The van der Waals surface area contributed by atoms with E-state index in [1.807, 2.05) is 0 Å². The molecule has 1 aromatic rings. The van der Waals surface area contributed by atoms with Crippen molar-refractivity contribution in [3.05, 3.63) is 29.8 Å². The van der Waals surface area contributed by atoms with Gasteiger partial charge in [0, 0.05) is 0 Å². The summed E-state index contributed by atoms with van der Waals surface area (Å²) >= 11 is -2.61. The van der Waals surface area contributed by atoms with Crippen LogP contribution in [0.25, 0.3) is 0 Å². The van der Waals surface area contributed by atoms with Crippen molar-refractivity contribution >= 4 is 40.6 Å². The van der Waals surface area contributed by atoms with Crippen LogP contribution in [0, 0.1) is 0 Å². The van der Waals surface area contributed by atoms with Crippen molar-refractivity contribution in [2.24, 2.45) is 0 Å². The van der Waals surface area contributed by atoms with Gasteiger partial charge < -0.3 is 4.55 Å². The second-order valence-corrected chi connectivity index (χ2v) is 3.18. The summed E-state index contributed by atoms with van der Waals surface area (Å²) in [6, 6.07) is 4.18. The zero-order valence-corrected chi connectivity index (χ0v) is 7.02. The predicted octanol–water partition coefficient (Wildman–Crippen LogP) is 1.64. The van der Waals surface area contributed by atoms with Crippen molar-refractivity contribution in [1.29, 1.82) is 0 Å². The SMILES string of the molecule is O=S(O)c1ccccc1C(F)(F)F.[NaH]. The Morgan fingerprint density at radius 2 is 1.71 bits per heavy atom. The molecule has 1 N–H and O–H groups in total. The molecule has 1 unspecified atom stereocenters. The molecule has 0 saturated heterocycles. The second-order valence-electron chi connectivity index (χ2n) is 2.24. The molecule has 7 heteroatoms. The third-order valence-electron chi connectivity index (χ3n) is 1.38. The quantitative estimate of drug-likeness (QED) is 0.592. The predicted molar refractivity (Wildman–Crippen MR) is 47.6 cm³/mol. The molecular formula is C7H6F3NaO2S. The van der Waals surface area contributed by atoms with Gasteiger partial charge >= 0.3 is 35.7 Å². The van der Waals surface area contributed by atoms with E-state index in [4.69, 9.17) is 4.55 Å². The molecule has 1 aromatic carbocycles. The van der Waals surface area contributed by atoms with Crippen LogP contribution in [-0.4, -0.2) is 38.3 Å². The molecule has 14 heavy (non-hydrogen) atoms. The molecule has 0 spiro atoms. The van der Waals surface area contributed by atoms with Crippen LogP contribution in [0.3, 0.4) is 0 Å². The summed E-state index contributed by atoms with van der Waals surface area (Å²) in [5, 5.41) is 0. The summed E-state index contributed by atoms with van der Waals surface area (Å²) in [6.45, 7) is 0. The van der Waals surface area contributed by atoms with Gasteiger partial charge in [-0.2, -0.15) is 13.2 Å². The zero-order valence-electron chi connectivity index (χ0n) is 6.21. The first-order valence-corrected chi connectivity index (χ1v) is 4.30. The van der Waals surface area contributed by atoms with Gasteiger partial charge in [0.25, 0.3) is 0 Å². The molecule has 0 aliphatic rings. The van der Waals surface area contributed by atoms with Crippen molar-refractivity contribution in [3.8, 4) is 0 Å². The minimum atomic E-state index is -4.59. The van der Waals surface area contributed by atoms with Crippen LogP contribution in [0.2, 0.25) is 0 Å². The Morgan fingerprint density at radius 1 is 1.21 bits per heavy atom. The van der Waals surface area contributed by atoms with E-state index in [2.05, 4.69) is 0 Å². The fourth-order valence-corrected chi connectivity index (χ4v) is 1.42. The molecule has 1 rings (SSSR count). The van der Waals surface area contributed by atoms with Gasteiger partial charge in [0.2, 0.25) is 0 Å². The van der Waals surface area contributed by atoms with Gasteiger partial charge in [0.05, 0.1) is 10.5 Å². The summed E-state index contributed by atoms with van der Waals surface area (Å²) in [4.78, 5) is -0.616. The Labute approximate surface area is 103 Å². The van der Waals surface area contributed by atoms with Gasteiger partial charge in [-0.3, -0.25) is 0 Å². The average molecular weight is 234 g/mol. The van der Waals surface area contributed by atoms with Crippen molar-refractivity contribution in [1.82, 2.24) is 0 Å². The molecule has 0 radical (unpaired) electrons. The summed E-state index contributed by atoms with van der Waals surface area (Å²) in [7, 11) is 0. The van der Waals surface area contributed by atoms with Crippen LogP contribution in [-0.2, 0) is 17.3 Å². The number of benzene rings is 1. The van der Waals surface area contributed by atoms with Crippen molar-refractivity contribution in [2.75, 3.05) is 0 Å². The first-order valence-electron chi connectivity index (χ1n) is 3.20. The van der Waals surface area contributed by atoms with Gasteiger partial charge in [-0.15, -0.1) is 0 Å². The molecule has 0 bridgehead atoms. The Balaban J connectivity index is 0.00000169. The van der Waals surface area contributed by atoms with E-state index < -0.39 is 27.7 Å². The maximum absolute atomic E-state index is 12.2. The van der Waals surface area contributed by atoms with Crippen LogP contribution < -0.4 is 0 Å². The zero-order chi connectivity index (χ0) is 10.1. The van der Waals surface area contributed by atoms with Gasteiger partial charge in [-0.25, -0.2) is 4.21 Å². The monoisotopic (exact) mass is 234 g/mol. The number of hydrogen-bond acceptors (Lipinski definition) is 1. The molecule has 1 atom stereocenters. The van der Waals surface area contributed by atoms with Crippen LogP contribution >= 0.6 is 0 Å². The van der Waals surface area contributed by atoms with E-state index in [0.29, 0.717) is 0 Å². The van der Waals surface area contributed by atoms with E-state index in [1.165, 1.54) is 12.1 Å². The Bertz CT molecular complexity index is 340. The number of hydrogen-bond donors (Lipinski definition) is 1. The molecule has 0 saturated carbocycles. The molecule has 0 amide bonds. The van der Waals surface area contributed by atoms with Gasteiger partial charge in [-0.1, -0.05) is 12.1 Å². The second kappa shape index (κ2) is 5.27. The number of rotatable bonds is 1. The minimum absolute atomic E-state index is 0. The van der Waals surface area contributed by atoms with Crippen molar-refractivity contribution in [3.63, 3.8) is 0 Å². The Morgan fingerprint density at radius 3 is 2.07 bits per heavy atom. The maximum atomic E-state index is 12.2. The normalized spacial score (nSPS) is 13.1. The molecule has 0 aromatic heterocycles. The topological polar surface area (TPSA) is 37.3 Å². The third-order valence-corrected chi connectivity index (χ3v) is 2.11. The number of halogens is 3. The van der Waals surface area contributed by atoms with E-state index in [1.54, 1.807) is 0 Å². The third kappa shape index (κ3) is 3.36. The summed E-state index contributed by atoms with van der Waals surface area (Å²) in [6.07, 6.45) is -4.59. The van der Waals surface area contributed by atoms with Crippen molar-refractivity contribution < 1.29 is 21.9 Å². The summed E-state index contributed by atoms with van der Waals surface area (Å²) in [5.41, 5.74) is -1.07. The van der Waals surface area contributed by atoms with Gasteiger partial charge in [0.1, 0.15) is 0 Å². The van der Waals surface area contributed by atoms with Crippen LogP contribution in [0.4, 0.5) is 13.2 Å². The first kappa shape index (κ1) is 14.1. The fourth-order valence-electron chi connectivity index (χ4n) is 0.853. The van der Waals surface area contributed by atoms with E-state index in [0.717, 1.165) is 12.1 Å². The van der Waals surface area contributed by atoms with Crippen LogP contribution in [0.15, 0.2) is 29.2 Å². The van der Waals surface area contributed by atoms with Gasteiger partial charge in [-0.05, 0) is 12.1 Å². The Kier molecular flexibility index (Phi) is 5.32. The Hall–Kier alpha value is 0.120.